The molecule has 0 radical (unpaired) electrons. The molecule has 0 spiro atoms. The summed E-state index contributed by atoms with van der Waals surface area (Å²) in [5.41, 5.74) is 1.11. The van der Waals surface area contributed by atoms with Gasteiger partial charge in [0.25, 0.3) is 0 Å². The van der Waals surface area contributed by atoms with Gasteiger partial charge in [0.1, 0.15) is 5.75 Å². The highest BCUT2D eigenvalue weighted by atomic mass is 35.5. The van der Waals surface area contributed by atoms with Gasteiger partial charge >= 0.3 is 0 Å². The quantitative estimate of drug-likeness (QED) is 0.688. The van der Waals surface area contributed by atoms with Gasteiger partial charge in [0.05, 0.1) is 6.61 Å². The highest BCUT2D eigenvalue weighted by molar-refractivity contribution is 6.18. The summed E-state index contributed by atoms with van der Waals surface area (Å²) in [5, 5.41) is 0. The van der Waals surface area contributed by atoms with E-state index in [-0.39, 0.29) is 0 Å². The van der Waals surface area contributed by atoms with Gasteiger partial charge < -0.3 is 4.74 Å². The maximum absolute atomic E-state index is 5.73. The second-order valence-corrected chi connectivity index (χ2v) is 3.92. The molecule has 0 heterocycles. The Kier molecular flexibility index (Phi) is 5.27. The number of halogens is 1. The molecule has 0 aliphatic carbocycles. The third kappa shape index (κ3) is 3.96. The van der Waals surface area contributed by atoms with Crippen molar-refractivity contribution in [3.8, 4) is 5.75 Å². The molecule has 15 heavy (non-hydrogen) atoms. The largest absolute Gasteiger partial charge is 0.493 e. The molecule has 1 aromatic carbocycles. The lowest BCUT2D eigenvalue weighted by molar-refractivity contribution is 0.272. The van der Waals surface area contributed by atoms with Crippen molar-refractivity contribution in [1.29, 1.82) is 0 Å². The number of allylic oxidation sites excluding steroid dienone is 1. The van der Waals surface area contributed by atoms with Crippen molar-refractivity contribution in [2.75, 3.05) is 12.5 Å². The van der Waals surface area contributed by atoms with Gasteiger partial charge in [-0.2, -0.15) is 0 Å². The van der Waals surface area contributed by atoms with E-state index in [4.69, 9.17) is 16.3 Å². The van der Waals surface area contributed by atoms with E-state index in [1.54, 1.807) is 0 Å². The summed E-state index contributed by atoms with van der Waals surface area (Å²) in [7, 11) is 0. The van der Waals surface area contributed by atoms with E-state index in [0.717, 1.165) is 11.3 Å². The van der Waals surface area contributed by atoms with Crippen LogP contribution in [0.25, 0.3) is 6.08 Å². The first-order valence-electron chi connectivity index (χ1n) is 5.18. The molecule has 1 atom stereocenters. The molecule has 0 fully saturated rings. The Morgan fingerprint density at radius 1 is 1.40 bits per heavy atom. The third-order valence-corrected chi connectivity index (χ3v) is 2.58. The summed E-state index contributed by atoms with van der Waals surface area (Å²) >= 11 is 5.73. The van der Waals surface area contributed by atoms with Crippen LogP contribution in [0.1, 0.15) is 19.4 Å². The van der Waals surface area contributed by atoms with E-state index >= 15 is 0 Å². The van der Waals surface area contributed by atoms with Gasteiger partial charge in [-0.3, -0.25) is 0 Å². The summed E-state index contributed by atoms with van der Waals surface area (Å²) in [6, 6.07) is 8.01. The molecule has 1 nitrogen and oxygen atoms in total. The van der Waals surface area contributed by atoms with Crippen LogP contribution in [0, 0.1) is 5.92 Å². The smallest absolute Gasteiger partial charge is 0.126 e. The first-order chi connectivity index (χ1) is 7.27. The van der Waals surface area contributed by atoms with Gasteiger partial charge in [-0.15, -0.1) is 11.6 Å². The lowest BCUT2D eigenvalue weighted by Crippen LogP contribution is -2.10. The van der Waals surface area contributed by atoms with Gasteiger partial charge in [0, 0.05) is 17.4 Å². The Bertz CT molecular complexity index is 320. The minimum atomic E-state index is 0.380. The predicted octanol–water partition coefficient (Wildman–Crippen LogP) is 3.97. The Balaban J connectivity index is 2.67. The molecular formula is C13H17ClO. The Labute approximate surface area is 96.7 Å². The molecule has 0 saturated carbocycles. The number of ether oxygens (including phenoxy) is 1. The van der Waals surface area contributed by atoms with Gasteiger partial charge in [0.15, 0.2) is 0 Å². The summed E-state index contributed by atoms with van der Waals surface area (Å²) in [6.07, 6.45) is 4.05. The molecule has 2 heteroatoms. The molecule has 0 N–H and O–H groups in total. The second kappa shape index (κ2) is 6.52. The summed E-state index contributed by atoms with van der Waals surface area (Å²) in [6.45, 7) is 4.74. The zero-order valence-corrected chi connectivity index (χ0v) is 10.00. The van der Waals surface area contributed by atoms with Crippen LogP contribution in [-0.2, 0) is 0 Å². The monoisotopic (exact) mass is 224 g/mol. The van der Waals surface area contributed by atoms with Gasteiger partial charge in [-0.05, 0) is 13.0 Å². The van der Waals surface area contributed by atoms with Crippen molar-refractivity contribution in [2.24, 2.45) is 5.92 Å². The molecule has 0 saturated heterocycles. The number of benzene rings is 1. The first kappa shape index (κ1) is 12.1. The molecule has 0 aromatic heterocycles. The van der Waals surface area contributed by atoms with Crippen LogP contribution in [0.3, 0.4) is 0 Å². The highest BCUT2D eigenvalue weighted by Crippen LogP contribution is 2.20. The summed E-state index contributed by atoms with van der Waals surface area (Å²) in [4.78, 5) is 0. The van der Waals surface area contributed by atoms with E-state index in [1.807, 2.05) is 43.3 Å². The summed E-state index contributed by atoms with van der Waals surface area (Å²) < 4.78 is 5.71. The van der Waals surface area contributed by atoms with Crippen LogP contribution in [0.4, 0.5) is 0 Å². The molecule has 82 valence electrons. The van der Waals surface area contributed by atoms with E-state index in [1.165, 1.54) is 0 Å². The molecular weight excluding hydrogens is 208 g/mol. The number of para-hydroxylation sites is 1. The Morgan fingerprint density at radius 3 is 2.80 bits per heavy atom. The molecule has 0 amide bonds. The van der Waals surface area contributed by atoms with E-state index in [0.29, 0.717) is 18.4 Å². The Morgan fingerprint density at radius 2 is 2.13 bits per heavy atom. The average molecular weight is 225 g/mol. The van der Waals surface area contributed by atoms with Gasteiger partial charge in [-0.25, -0.2) is 0 Å². The van der Waals surface area contributed by atoms with Gasteiger partial charge in [-0.1, -0.05) is 37.3 Å². The normalized spacial score (nSPS) is 13.0. The fraction of sp³-hybridized carbons (Fsp3) is 0.385. The molecule has 0 aliphatic heterocycles. The minimum absolute atomic E-state index is 0.380. The number of hydrogen-bond acceptors (Lipinski definition) is 1. The topological polar surface area (TPSA) is 9.23 Å². The fourth-order valence-corrected chi connectivity index (χ4v) is 1.29. The van der Waals surface area contributed by atoms with Crippen LogP contribution in [-0.4, -0.2) is 12.5 Å². The van der Waals surface area contributed by atoms with Crippen LogP contribution in [0.5, 0.6) is 5.75 Å². The number of alkyl halides is 1. The maximum Gasteiger partial charge on any atom is 0.126 e. The number of hydrogen-bond donors (Lipinski definition) is 0. The fourth-order valence-electron chi connectivity index (χ4n) is 1.21. The van der Waals surface area contributed by atoms with E-state index < -0.39 is 0 Å². The van der Waals surface area contributed by atoms with Crippen LogP contribution < -0.4 is 4.74 Å². The second-order valence-electron chi connectivity index (χ2n) is 3.61. The average Bonchev–Trinajstić information content (AvgIpc) is 2.28. The van der Waals surface area contributed by atoms with Crippen molar-refractivity contribution in [1.82, 2.24) is 0 Å². The highest BCUT2D eigenvalue weighted by Gasteiger charge is 2.03. The predicted molar refractivity (Wildman–Crippen MR) is 66.5 cm³/mol. The Hall–Kier alpha value is -0.950. The van der Waals surface area contributed by atoms with Gasteiger partial charge in [0.2, 0.25) is 0 Å². The molecule has 0 aliphatic rings. The van der Waals surface area contributed by atoms with Crippen molar-refractivity contribution in [2.45, 2.75) is 13.8 Å². The molecule has 1 rings (SSSR count). The maximum atomic E-state index is 5.73. The van der Waals surface area contributed by atoms with Crippen LogP contribution in [0.2, 0.25) is 0 Å². The number of rotatable bonds is 5. The van der Waals surface area contributed by atoms with Crippen LogP contribution in [0.15, 0.2) is 30.3 Å². The van der Waals surface area contributed by atoms with E-state index in [2.05, 4.69) is 6.92 Å². The molecule has 1 aromatic rings. The minimum Gasteiger partial charge on any atom is -0.493 e. The lowest BCUT2D eigenvalue weighted by atomic mass is 10.2. The van der Waals surface area contributed by atoms with E-state index in [9.17, 15) is 0 Å². The van der Waals surface area contributed by atoms with Crippen molar-refractivity contribution in [3.05, 3.63) is 35.9 Å². The zero-order valence-electron chi connectivity index (χ0n) is 9.24. The molecule has 0 bridgehead atoms. The first-order valence-corrected chi connectivity index (χ1v) is 5.72. The summed E-state index contributed by atoms with van der Waals surface area (Å²) in [5.74, 6) is 1.93. The van der Waals surface area contributed by atoms with Crippen molar-refractivity contribution in [3.63, 3.8) is 0 Å². The zero-order chi connectivity index (χ0) is 11.1. The third-order valence-electron chi connectivity index (χ3n) is 2.05. The molecule has 1 unspecified atom stereocenters. The van der Waals surface area contributed by atoms with Crippen molar-refractivity contribution < 1.29 is 4.74 Å². The van der Waals surface area contributed by atoms with Crippen LogP contribution >= 0.6 is 11.6 Å². The lowest BCUT2D eigenvalue weighted by Gasteiger charge is -2.12. The SMILES string of the molecule is CC=Cc1ccccc1OCC(C)CCl. The standard InChI is InChI=1S/C13H17ClO/c1-3-6-12-7-4-5-8-13(12)15-10-11(2)9-14/h3-8,11H,9-10H2,1-2H3. The van der Waals surface area contributed by atoms with Crippen molar-refractivity contribution >= 4 is 17.7 Å².